The first kappa shape index (κ1) is 43.1. The SMILES string of the molecule is CC(=O)O[C@H](C[C@H](C(C)C)N(C)C(=O)[C@@H](NC(=O)[C@H]1COCCN1C)C1CCC1)c1nc(C(=O)N[C@@H](Cc2nc(C(F)(F)F)cs2)C[C@H](C)C(=O)O)cs1. The number of hydrogen-bond donors (Lipinski definition) is 3. The van der Waals surface area contributed by atoms with Crippen molar-refractivity contribution >= 4 is 52.3 Å². The highest BCUT2D eigenvalue weighted by Crippen LogP contribution is 2.34. The summed E-state index contributed by atoms with van der Waals surface area (Å²) in [6.45, 7) is 7.85. The summed E-state index contributed by atoms with van der Waals surface area (Å²) in [5, 5.41) is 17.8. The quantitative estimate of drug-likeness (QED) is 0.196. The van der Waals surface area contributed by atoms with E-state index in [1.54, 1.807) is 11.9 Å². The summed E-state index contributed by atoms with van der Waals surface area (Å²) in [5.41, 5.74) is -1.14. The molecule has 4 rings (SSSR count). The number of carbonyl (C=O) groups excluding carboxylic acids is 4. The highest BCUT2D eigenvalue weighted by molar-refractivity contribution is 7.10. The lowest BCUT2D eigenvalue weighted by molar-refractivity contribution is -0.149. The third kappa shape index (κ3) is 11.4. The van der Waals surface area contributed by atoms with Crippen molar-refractivity contribution in [3.63, 3.8) is 0 Å². The molecule has 3 amide bonds. The predicted octanol–water partition coefficient (Wildman–Crippen LogP) is 4.16. The van der Waals surface area contributed by atoms with E-state index in [1.807, 2.05) is 25.8 Å². The van der Waals surface area contributed by atoms with Gasteiger partial charge in [-0.25, -0.2) is 9.97 Å². The maximum Gasteiger partial charge on any atom is 0.434 e. The number of aliphatic carboxylic acids is 1. The minimum absolute atomic E-state index is 0.0274. The molecular formula is C35H49F3N6O8S2. The Morgan fingerprint density at radius 1 is 1.09 bits per heavy atom. The van der Waals surface area contributed by atoms with E-state index in [4.69, 9.17) is 9.47 Å². The Bertz CT molecular complexity index is 1630. The van der Waals surface area contributed by atoms with Crippen LogP contribution in [0.3, 0.4) is 0 Å². The number of rotatable bonds is 17. The molecule has 6 atom stereocenters. The lowest BCUT2D eigenvalue weighted by atomic mass is 9.78. The Kier molecular flexibility index (Phi) is 15.0. The van der Waals surface area contributed by atoms with Crippen LogP contribution in [0.4, 0.5) is 13.2 Å². The first-order valence-corrected chi connectivity index (χ1v) is 19.6. The number of halogens is 3. The van der Waals surface area contributed by atoms with E-state index in [0.29, 0.717) is 13.2 Å². The number of likely N-dealkylation sites (N-methyl/N-ethyl adjacent to an activating group) is 2. The zero-order valence-electron chi connectivity index (χ0n) is 31.2. The molecule has 19 heteroatoms. The molecule has 1 aliphatic carbocycles. The number of nitrogens with zero attached hydrogens (tertiary/aromatic N) is 4. The maximum absolute atomic E-state index is 14.2. The van der Waals surface area contributed by atoms with Crippen molar-refractivity contribution in [2.75, 3.05) is 33.9 Å². The Labute approximate surface area is 320 Å². The molecule has 0 bridgehead atoms. The maximum atomic E-state index is 14.2. The molecule has 0 unspecified atom stereocenters. The first-order valence-electron chi connectivity index (χ1n) is 17.9. The minimum atomic E-state index is -4.65. The van der Waals surface area contributed by atoms with E-state index in [0.717, 1.165) is 47.3 Å². The third-order valence-electron chi connectivity index (χ3n) is 9.95. The lowest BCUT2D eigenvalue weighted by Crippen LogP contribution is -2.60. The van der Waals surface area contributed by atoms with E-state index < -0.39 is 65.9 Å². The second-order valence-electron chi connectivity index (χ2n) is 14.4. The van der Waals surface area contributed by atoms with Crippen LogP contribution in [-0.2, 0) is 41.2 Å². The molecule has 0 spiro atoms. The van der Waals surface area contributed by atoms with Crippen molar-refractivity contribution < 1.29 is 51.7 Å². The number of alkyl halides is 3. The van der Waals surface area contributed by atoms with Gasteiger partial charge in [0.05, 0.1) is 24.1 Å². The van der Waals surface area contributed by atoms with Crippen molar-refractivity contribution in [3.8, 4) is 0 Å². The van der Waals surface area contributed by atoms with E-state index >= 15 is 0 Å². The molecule has 54 heavy (non-hydrogen) atoms. The normalized spacial score (nSPS) is 19.6. The second kappa shape index (κ2) is 18.8. The summed E-state index contributed by atoms with van der Waals surface area (Å²) in [6.07, 6.45) is -3.16. The summed E-state index contributed by atoms with van der Waals surface area (Å²) in [5.74, 6) is -4.08. The van der Waals surface area contributed by atoms with Gasteiger partial charge in [0.15, 0.2) is 11.8 Å². The highest BCUT2D eigenvalue weighted by Gasteiger charge is 2.41. The number of carboxylic acids is 1. The van der Waals surface area contributed by atoms with Crippen LogP contribution in [0.15, 0.2) is 10.8 Å². The molecule has 2 aromatic heterocycles. The summed E-state index contributed by atoms with van der Waals surface area (Å²) in [4.78, 5) is 76.4. The average molecular weight is 803 g/mol. The third-order valence-corrected chi connectivity index (χ3v) is 11.8. The van der Waals surface area contributed by atoms with Crippen LogP contribution in [0, 0.1) is 17.8 Å². The number of amides is 3. The largest absolute Gasteiger partial charge is 0.481 e. The van der Waals surface area contributed by atoms with Gasteiger partial charge in [-0.05, 0) is 38.1 Å². The van der Waals surface area contributed by atoms with Crippen LogP contribution in [0.5, 0.6) is 0 Å². The second-order valence-corrected chi connectivity index (χ2v) is 16.2. The fourth-order valence-electron chi connectivity index (χ4n) is 6.51. The summed E-state index contributed by atoms with van der Waals surface area (Å²) >= 11 is 1.81. The number of ether oxygens (including phenoxy) is 2. The molecule has 2 aliphatic rings. The molecule has 300 valence electrons. The smallest absolute Gasteiger partial charge is 0.434 e. The van der Waals surface area contributed by atoms with Crippen LogP contribution in [0.1, 0.15) is 92.1 Å². The number of hydrogen-bond acceptors (Lipinski definition) is 12. The van der Waals surface area contributed by atoms with Crippen molar-refractivity contribution in [3.05, 3.63) is 32.2 Å². The van der Waals surface area contributed by atoms with Gasteiger partial charge in [0.25, 0.3) is 5.91 Å². The minimum Gasteiger partial charge on any atom is -0.481 e. The number of esters is 1. The lowest BCUT2D eigenvalue weighted by Gasteiger charge is -2.41. The van der Waals surface area contributed by atoms with Crippen LogP contribution in [0.2, 0.25) is 0 Å². The van der Waals surface area contributed by atoms with Crippen LogP contribution in [0.25, 0.3) is 0 Å². The van der Waals surface area contributed by atoms with Gasteiger partial charge in [-0.1, -0.05) is 27.2 Å². The number of thiazole rings is 2. The number of nitrogens with one attached hydrogen (secondary N) is 2. The number of aromatic nitrogens is 2. The average Bonchev–Trinajstić information content (AvgIpc) is 3.75. The molecule has 0 aromatic carbocycles. The Hall–Kier alpha value is -3.68. The van der Waals surface area contributed by atoms with Gasteiger partial charge in [0.2, 0.25) is 11.8 Å². The van der Waals surface area contributed by atoms with Gasteiger partial charge >= 0.3 is 18.1 Å². The fraction of sp³-hybridized carbons (Fsp3) is 0.686. The van der Waals surface area contributed by atoms with Crippen molar-refractivity contribution in [1.82, 2.24) is 30.4 Å². The zero-order chi connectivity index (χ0) is 39.9. The van der Waals surface area contributed by atoms with Crippen molar-refractivity contribution in [1.29, 1.82) is 0 Å². The first-order chi connectivity index (χ1) is 25.3. The summed E-state index contributed by atoms with van der Waals surface area (Å²) in [6, 6.07) is -2.64. The Balaban J connectivity index is 1.51. The van der Waals surface area contributed by atoms with Gasteiger partial charge < -0.3 is 30.1 Å². The van der Waals surface area contributed by atoms with Gasteiger partial charge in [-0.15, -0.1) is 22.7 Å². The van der Waals surface area contributed by atoms with Gasteiger partial charge in [-0.2, -0.15) is 13.2 Å². The molecule has 2 aromatic rings. The Morgan fingerprint density at radius 3 is 2.35 bits per heavy atom. The number of carboxylic acid groups (broad SMARTS) is 1. The number of carbonyl (C=O) groups is 5. The van der Waals surface area contributed by atoms with Crippen molar-refractivity contribution in [2.45, 2.75) is 103 Å². The van der Waals surface area contributed by atoms with Crippen LogP contribution in [-0.4, -0.2) is 113 Å². The molecule has 14 nitrogen and oxygen atoms in total. The fourth-order valence-corrected chi connectivity index (χ4v) is 8.23. The molecule has 1 aliphatic heterocycles. The molecule has 2 fully saturated rings. The predicted molar refractivity (Wildman–Crippen MR) is 193 cm³/mol. The molecule has 3 heterocycles. The van der Waals surface area contributed by atoms with E-state index in [1.165, 1.54) is 19.2 Å². The zero-order valence-corrected chi connectivity index (χ0v) is 32.8. The van der Waals surface area contributed by atoms with Gasteiger partial charge in [0.1, 0.15) is 22.8 Å². The topological polar surface area (TPSA) is 180 Å². The molecule has 0 radical (unpaired) electrons. The van der Waals surface area contributed by atoms with E-state index in [-0.39, 0.29) is 65.2 Å². The van der Waals surface area contributed by atoms with Crippen LogP contribution < -0.4 is 10.6 Å². The molecule has 1 saturated carbocycles. The monoisotopic (exact) mass is 802 g/mol. The molecule has 3 N–H and O–H groups in total. The van der Waals surface area contributed by atoms with E-state index in [9.17, 15) is 42.3 Å². The van der Waals surface area contributed by atoms with E-state index in [2.05, 4.69) is 20.6 Å². The van der Waals surface area contributed by atoms with Gasteiger partial charge in [0, 0.05) is 56.2 Å². The molecule has 1 saturated heterocycles. The molecular weight excluding hydrogens is 754 g/mol. The van der Waals surface area contributed by atoms with Crippen LogP contribution >= 0.6 is 22.7 Å². The standard InChI is InChI=1S/C35H49F3N6O8S2/c1-18(2)24(44(6)33(48)29(21-8-7-9-21)42-31(47)25-15-51-11-10-43(25)5)14-26(52-20(4)45)32-40-23(16-54-32)30(46)39-22(12-19(3)34(49)50)13-28-41-27(17-53-28)35(36,37)38/h16-19,21-22,24-26,29H,7-15H2,1-6H3,(H,39,46)(H,42,47)(H,49,50)/t19-,22+,24+,25+,26+,29-/m0/s1. The van der Waals surface area contributed by atoms with Crippen molar-refractivity contribution in [2.24, 2.45) is 17.8 Å². The summed E-state index contributed by atoms with van der Waals surface area (Å²) in [7, 11) is 3.50. The van der Waals surface area contributed by atoms with Gasteiger partial charge in [-0.3, -0.25) is 28.9 Å². The highest BCUT2D eigenvalue weighted by atomic mass is 32.1. The Morgan fingerprint density at radius 2 is 1.80 bits per heavy atom. The summed E-state index contributed by atoms with van der Waals surface area (Å²) < 4.78 is 50.7. The number of morpholine rings is 1.